The van der Waals surface area contributed by atoms with Crippen molar-refractivity contribution >= 4 is 11.9 Å². The number of ether oxygens (including phenoxy) is 1. The predicted molar refractivity (Wildman–Crippen MR) is 49.4 cm³/mol. The number of allylic oxidation sites excluding steroid dienone is 1. The second kappa shape index (κ2) is 5.35. The maximum atomic E-state index is 11.0. The lowest BCUT2D eigenvalue weighted by Crippen LogP contribution is -2.38. The summed E-state index contributed by atoms with van der Waals surface area (Å²) in [5.41, 5.74) is 0.969. The van der Waals surface area contributed by atoms with Crippen LogP contribution in [0.3, 0.4) is 0 Å². The zero-order valence-electron chi connectivity index (χ0n) is 8.38. The van der Waals surface area contributed by atoms with Gasteiger partial charge in [-0.1, -0.05) is 11.6 Å². The zero-order valence-corrected chi connectivity index (χ0v) is 8.38. The predicted octanol–water partition coefficient (Wildman–Crippen LogP) is 1.27. The van der Waals surface area contributed by atoms with E-state index in [1.807, 2.05) is 13.8 Å². The number of hydrogen-bond acceptors (Lipinski definition) is 3. The third-order valence-electron chi connectivity index (χ3n) is 1.40. The Labute approximate surface area is 78.0 Å². The summed E-state index contributed by atoms with van der Waals surface area (Å²) in [5.74, 6) is -0.119. The summed E-state index contributed by atoms with van der Waals surface area (Å²) in [5, 5.41) is 2.41. The van der Waals surface area contributed by atoms with Crippen LogP contribution in [0.1, 0.15) is 20.8 Å². The first-order chi connectivity index (χ1) is 5.97. The molecular formula is C9H15NO3. The summed E-state index contributed by atoms with van der Waals surface area (Å²) in [6, 6.07) is -0.586. The van der Waals surface area contributed by atoms with Crippen molar-refractivity contribution in [2.24, 2.45) is 0 Å². The molecule has 0 spiro atoms. The molecule has 13 heavy (non-hydrogen) atoms. The number of nitrogens with one attached hydrogen (secondary N) is 1. The first kappa shape index (κ1) is 11.7. The molecule has 0 unspecified atom stereocenters. The molecule has 0 heterocycles. The van der Waals surface area contributed by atoms with Crippen LogP contribution < -0.4 is 5.32 Å². The molecule has 0 aliphatic rings. The van der Waals surface area contributed by atoms with Gasteiger partial charge in [-0.25, -0.2) is 4.79 Å². The lowest BCUT2D eigenvalue weighted by molar-refractivity contribution is -0.117. The van der Waals surface area contributed by atoms with E-state index in [1.165, 1.54) is 14.0 Å². The first-order valence-corrected chi connectivity index (χ1v) is 3.97. The minimum Gasteiger partial charge on any atom is -0.453 e. The third-order valence-corrected chi connectivity index (χ3v) is 1.40. The number of Topliss-reactive ketones (excluding diaryl/α,β-unsaturated/α-hetero) is 1. The largest absolute Gasteiger partial charge is 0.453 e. The van der Waals surface area contributed by atoms with Crippen LogP contribution in [0.15, 0.2) is 11.6 Å². The van der Waals surface area contributed by atoms with Gasteiger partial charge in [0.25, 0.3) is 0 Å². The van der Waals surface area contributed by atoms with Crippen molar-refractivity contribution in [3.63, 3.8) is 0 Å². The van der Waals surface area contributed by atoms with Crippen LogP contribution in [0, 0.1) is 0 Å². The highest BCUT2D eigenvalue weighted by atomic mass is 16.5. The minimum atomic E-state index is -0.599. The number of methoxy groups -OCH3 is 1. The number of rotatable bonds is 3. The van der Waals surface area contributed by atoms with Crippen molar-refractivity contribution in [2.75, 3.05) is 7.11 Å². The highest BCUT2D eigenvalue weighted by Gasteiger charge is 2.13. The van der Waals surface area contributed by atoms with Gasteiger partial charge in [0, 0.05) is 0 Å². The Kier molecular flexibility index (Phi) is 4.80. The average Bonchev–Trinajstić information content (AvgIpc) is 2.02. The molecule has 0 fully saturated rings. The fraction of sp³-hybridized carbons (Fsp3) is 0.556. The van der Waals surface area contributed by atoms with E-state index in [0.29, 0.717) is 0 Å². The summed E-state index contributed by atoms with van der Waals surface area (Å²) in [7, 11) is 1.26. The molecule has 0 saturated carbocycles. The SMILES string of the molecule is COC(=O)N[C@@H](C=C(C)C)C(C)=O. The smallest absolute Gasteiger partial charge is 0.407 e. The Hall–Kier alpha value is -1.32. The highest BCUT2D eigenvalue weighted by molar-refractivity contribution is 5.87. The molecule has 0 aliphatic carbocycles. The van der Waals surface area contributed by atoms with E-state index in [4.69, 9.17) is 0 Å². The van der Waals surface area contributed by atoms with Gasteiger partial charge in [0.05, 0.1) is 7.11 Å². The normalized spacial score (nSPS) is 11.4. The number of alkyl carbamates (subject to hydrolysis) is 1. The molecule has 4 heteroatoms. The molecule has 4 nitrogen and oxygen atoms in total. The quantitative estimate of drug-likeness (QED) is 0.673. The van der Waals surface area contributed by atoms with Crippen LogP contribution in [-0.4, -0.2) is 25.0 Å². The Morgan fingerprint density at radius 1 is 1.31 bits per heavy atom. The number of hydrogen-bond donors (Lipinski definition) is 1. The van der Waals surface area contributed by atoms with Crippen LogP contribution in [0.25, 0.3) is 0 Å². The van der Waals surface area contributed by atoms with Crippen LogP contribution in [0.5, 0.6) is 0 Å². The van der Waals surface area contributed by atoms with Gasteiger partial charge in [0.15, 0.2) is 5.78 Å². The summed E-state index contributed by atoms with van der Waals surface area (Å²) in [6.45, 7) is 5.13. The fourth-order valence-electron chi connectivity index (χ4n) is 0.780. The molecule has 0 aromatic rings. The third kappa shape index (κ3) is 5.00. The molecule has 0 aromatic carbocycles. The van der Waals surface area contributed by atoms with E-state index in [1.54, 1.807) is 6.08 Å². The van der Waals surface area contributed by atoms with Gasteiger partial charge in [0.2, 0.25) is 0 Å². The Morgan fingerprint density at radius 3 is 2.15 bits per heavy atom. The summed E-state index contributed by atoms with van der Waals surface area (Å²) < 4.78 is 4.38. The van der Waals surface area contributed by atoms with Crippen molar-refractivity contribution in [1.29, 1.82) is 0 Å². The van der Waals surface area contributed by atoms with Crippen LogP contribution in [0.2, 0.25) is 0 Å². The monoisotopic (exact) mass is 185 g/mol. The molecule has 0 aliphatic heterocycles. The van der Waals surface area contributed by atoms with E-state index >= 15 is 0 Å². The molecular weight excluding hydrogens is 170 g/mol. The van der Waals surface area contributed by atoms with Gasteiger partial charge in [-0.3, -0.25) is 4.79 Å². The summed E-state index contributed by atoms with van der Waals surface area (Å²) in [4.78, 5) is 21.8. The van der Waals surface area contributed by atoms with Gasteiger partial charge >= 0.3 is 6.09 Å². The van der Waals surface area contributed by atoms with Gasteiger partial charge in [0.1, 0.15) is 6.04 Å². The van der Waals surface area contributed by atoms with E-state index in [9.17, 15) is 9.59 Å². The van der Waals surface area contributed by atoms with E-state index < -0.39 is 12.1 Å². The van der Waals surface area contributed by atoms with Gasteiger partial charge in [-0.15, -0.1) is 0 Å². The van der Waals surface area contributed by atoms with Crippen molar-refractivity contribution in [3.05, 3.63) is 11.6 Å². The maximum absolute atomic E-state index is 11.0. The van der Waals surface area contributed by atoms with E-state index in [0.717, 1.165) is 5.57 Å². The fourth-order valence-corrected chi connectivity index (χ4v) is 0.780. The lowest BCUT2D eigenvalue weighted by atomic mass is 10.1. The standard InChI is InChI=1S/C9H15NO3/c1-6(2)5-8(7(3)11)10-9(12)13-4/h5,8H,1-4H3,(H,10,12)/t8-/m0/s1. The molecule has 1 amide bonds. The van der Waals surface area contributed by atoms with Crippen molar-refractivity contribution in [2.45, 2.75) is 26.8 Å². The molecule has 0 radical (unpaired) electrons. The lowest BCUT2D eigenvalue weighted by Gasteiger charge is -2.10. The highest BCUT2D eigenvalue weighted by Crippen LogP contribution is 1.96. The number of ketones is 1. The summed E-state index contributed by atoms with van der Waals surface area (Å²) in [6.07, 6.45) is 1.08. The van der Waals surface area contributed by atoms with E-state index in [2.05, 4.69) is 10.1 Å². The molecule has 0 aromatic heterocycles. The van der Waals surface area contributed by atoms with Crippen molar-refractivity contribution < 1.29 is 14.3 Å². The molecule has 0 rings (SSSR count). The van der Waals surface area contributed by atoms with Crippen LogP contribution >= 0.6 is 0 Å². The number of carbonyl (C=O) groups excluding carboxylic acids is 2. The Bertz CT molecular complexity index is 229. The minimum absolute atomic E-state index is 0.119. The Balaban J connectivity index is 4.36. The van der Waals surface area contributed by atoms with Crippen LogP contribution in [0.4, 0.5) is 4.79 Å². The maximum Gasteiger partial charge on any atom is 0.407 e. The molecule has 0 saturated heterocycles. The van der Waals surface area contributed by atoms with E-state index in [-0.39, 0.29) is 5.78 Å². The number of carbonyl (C=O) groups is 2. The van der Waals surface area contributed by atoms with Crippen LogP contribution in [-0.2, 0) is 9.53 Å². The summed E-state index contributed by atoms with van der Waals surface area (Å²) >= 11 is 0. The zero-order chi connectivity index (χ0) is 10.4. The second-order valence-electron chi connectivity index (χ2n) is 2.97. The molecule has 1 atom stereocenters. The second-order valence-corrected chi connectivity index (χ2v) is 2.97. The number of amides is 1. The molecule has 1 N–H and O–H groups in total. The average molecular weight is 185 g/mol. The van der Waals surface area contributed by atoms with Crippen molar-refractivity contribution in [1.82, 2.24) is 5.32 Å². The van der Waals surface area contributed by atoms with Crippen molar-refractivity contribution in [3.8, 4) is 0 Å². The topological polar surface area (TPSA) is 55.4 Å². The van der Waals surface area contributed by atoms with Gasteiger partial charge in [-0.05, 0) is 20.8 Å². The molecule has 0 bridgehead atoms. The Morgan fingerprint density at radius 2 is 1.85 bits per heavy atom. The van der Waals surface area contributed by atoms with Gasteiger partial charge < -0.3 is 10.1 Å². The first-order valence-electron chi connectivity index (χ1n) is 3.97. The van der Waals surface area contributed by atoms with Gasteiger partial charge in [-0.2, -0.15) is 0 Å². The molecule has 74 valence electrons.